The SMILES string of the molecule is O=c1oc(CCc2ccccc2)c(Cc2ccccc2)c(O)c1Cc1ccccc1. The third-order valence-electron chi connectivity index (χ3n) is 5.30. The molecule has 3 nitrogen and oxygen atoms in total. The van der Waals surface area contributed by atoms with Crippen LogP contribution in [0.3, 0.4) is 0 Å². The van der Waals surface area contributed by atoms with Crippen LogP contribution in [0.15, 0.2) is 100 Å². The topological polar surface area (TPSA) is 50.4 Å². The smallest absolute Gasteiger partial charge is 0.343 e. The van der Waals surface area contributed by atoms with E-state index in [1.165, 1.54) is 5.56 Å². The Hall–Kier alpha value is -3.59. The summed E-state index contributed by atoms with van der Waals surface area (Å²) in [7, 11) is 0. The third-order valence-corrected chi connectivity index (χ3v) is 5.30. The van der Waals surface area contributed by atoms with E-state index >= 15 is 0 Å². The predicted molar refractivity (Wildman–Crippen MR) is 119 cm³/mol. The number of hydrogen-bond donors (Lipinski definition) is 1. The molecule has 0 spiro atoms. The second kappa shape index (κ2) is 9.27. The van der Waals surface area contributed by atoms with Gasteiger partial charge in [0, 0.05) is 24.8 Å². The molecule has 0 fully saturated rings. The van der Waals surface area contributed by atoms with Crippen LogP contribution < -0.4 is 5.63 Å². The van der Waals surface area contributed by atoms with Crippen LogP contribution >= 0.6 is 0 Å². The van der Waals surface area contributed by atoms with Crippen molar-refractivity contribution in [2.75, 3.05) is 0 Å². The zero-order valence-corrected chi connectivity index (χ0v) is 16.8. The molecular weight excluding hydrogens is 372 g/mol. The third kappa shape index (κ3) is 4.69. The highest BCUT2D eigenvalue weighted by Gasteiger charge is 2.20. The number of aryl methyl sites for hydroxylation is 2. The summed E-state index contributed by atoms with van der Waals surface area (Å²) < 4.78 is 5.77. The number of rotatable bonds is 7. The Bertz CT molecular complexity index is 1150. The zero-order chi connectivity index (χ0) is 20.8. The van der Waals surface area contributed by atoms with Crippen LogP contribution in [0, 0.1) is 0 Å². The fourth-order valence-corrected chi connectivity index (χ4v) is 3.69. The van der Waals surface area contributed by atoms with Crippen molar-refractivity contribution in [1.82, 2.24) is 0 Å². The van der Waals surface area contributed by atoms with E-state index in [2.05, 4.69) is 12.1 Å². The molecule has 3 heteroatoms. The van der Waals surface area contributed by atoms with Crippen molar-refractivity contribution in [3.63, 3.8) is 0 Å². The Labute approximate surface area is 176 Å². The minimum absolute atomic E-state index is 0.0574. The fraction of sp³-hybridized carbons (Fsp3) is 0.148. The lowest BCUT2D eigenvalue weighted by Crippen LogP contribution is -2.14. The molecule has 1 aromatic heterocycles. The maximum absolute atomic E-state index is 12.8. The lowest BCUT2D eigenvalue weighted by molar-refractivity contribution is 0.404. The molecule has 30 heavy (non-hydrogen) atoms. The molecule has 4 rings (SSSR count). The van der Waals surface area contributed by atoms with E-state index in [0.717, 1.165) is 17.5 Å². The van der Waals surface area contributed by atoms with Gasteiger partial charge in [0.1, 0.15) is 11.5 Å². The zero-order valence-electron chi connectivity index (χ0n) is 16.8. The molecule has 1 heterocycles. The molecule has 4 aromatic rings. The Kier molecular flexibility index (Phi) is 6.09. The molecule has 0 amide bonds. The van der Waals surface area contributed by atoms with Crippen molar-refractivity contribution in [2.24, 2.45) is 0 Å². The summed E-state index contributed by atoms with van der Waals surface area (Å²) in [5.74, 6) is 0.615. The number of benzene rings is 3. The molecule has 3 aromatic carbocycles. The summed E-state index contributed by atoms with van der Waals surface area (Å²) in [6, 6.07) is 29.7. The van der Waals surface area contributed by atoms with E-state index < -0.39 is 5.63 Å². The molecule has 1 N–H and O–H groups in total. The van der Waals surface area contributed by atoms with E-state index in [1.807, 2.05) is 78.9 Å². The van der Waals surface area contributed by atoms with Gasteiger partial charge in [-0.1, -0.05) is 91.0 Å². The van der Waals surface area contributed by atoms with Crippen molar-refractivity contribution >= 4 is 0 Å². The molecule has 150 valence electrons. The second-order valence-corrected chi connectivity index (χ2v) is 7.43. The summed E-state index contributed by atoms with van der Waals surface area (Å²) in [6.07, 6.45) is 2.15. The van der Waals surface area contributed by atoms with E-state index in [9.17, 15) is 9.90 Å². The highest BCUT2D eigenvalue weighted by molar-refractivity contribution is 5.45. The van der Waals surface area contributed by atoms with Gasteiger partial charge in [-0.15, -0.1) is 0 Å². The quantitative estimate of drug-likeness (QED) is 0.460. The van der Waals surface area contributed by atoms with Gasteiger partial charge in [0.25, 0.3) is 0 Å². The minimum Gasteiger partial charge on any atom is -0.507 e. The van der Waals surface area contributed by atoms with Gasteiger partial charge in [-0.3, -0.25) is 0 Å². The molecule has 0 saturated carbocycles. The van der Waals surface area contributed by atoms with Gasteiger partial charge in [-0.2, -0.15) is 0 Å². The van der Waals surface area contributed by atoms with Crippen LogP contribution in [0.1, 0.15) is 33.6 Å². The lowest BCUT2D eigenvalue weighted by atomic mass is 9.96. The van der Waals surface area contributed by atoms with Gasteiger partial charge >= 0.3 is 5.63 Å². The molecule has 0 bridgehead atoms. The van der Waals surface area contributed by atoms with Crippen molar-refractivity contribution in [3.05, 3.63) is 135 Å². The van der Waals surface area contributed by atoms with Crippen molar-refractivity contribution in [3.8, 4) is 5.75 Å². The fourth-order valence-electron chi connectivity index (χ4n) is 3.69. The molecule has 0 aliphatic heterocycles. The molecule has 0 radical (unpaired) electrons. The molecule has 0 aliphatic rings. The first kappa shape index (κ1) is 19.7. The summed E-state index contributed by atoms with van der Waals surface area (Å²) >= 11 is 0. The van der Waals surface area contributed by atoms with E-state index in [0.29, 0.717) is 36.1 Å². The van der Waals surface area contributed by atoms with E-state index in [1.54, 1.807) is 0 Å². The summed E-state index contributed by atoms with van der Waals surface area (Å²) in [4.78, 5) is 12.8. The first-order valence-electron chi connectivity index (χ1n) is 10.2. The summed E-state index contributed by atoms with van der Waals surface area (Å²) in [5.41, 5.74) is 3.74. The normalized spacial score (nSPS) is 10.8. The largest absolute Gasteiger partial charge is 0.507 e. The average Bonchev–Trinajstić information content (AvgIpc) is 2.79. The summed E-state index contributed by atoms with van der Waals surface area (Å²) in [6.45, 7) is 0. The molecule has 0 atom stereocenters. The Morgan fingerprint density at radius 1 is 0.600 bits per heavy atom. The lowest BCUT2D eigenvalue weighted by Gasteiger charge is -2.14. The minimum atomic E-state index is -0.462. The van der Waals surface area contributed by atoms with Crippen LogP contribution in [0.4, 0.5) is 0 Å². The van der Waals surface area contributed by atoms with Crippen LogP contribution in [0.25, 0.3) is 0 Å². The molecular formula is C27H24O3. The maximum Gasteiger partial charge on any atom is 0.343 e. The van der Waals surface area contributed by atoms with Gasteiger partial charge < -0.3 is 9.52 Å². The van der Waals surface area contributed by atoms with Crippen LogP contribution in [-0.4, -0.2) is 5.11 Å². The standard InChI is InChI=1S/C27H24O3/c28-26-23(18-21-12-6-2-7-13-21)25(17-16-20-10-4-1-5-11-20)30-27(29)24(26)19-22-14-8-3-9-15-22/h1-15,28H,16-19H2. The van der Waals surface area contributed by atoms with Gasteiger partial charge in [0.15, 0.2) is 0 Å². The molecule has 0 saturated heterocycles. The van der Waals surface area contributed by atoms with Gasteiger partial charge in [-0.25, -0.2) is 4.79 Å². The van der Waals surface area contributed by atoms with E-state index in [4.69, 9.17) is 4.42 Å². The Balaban J connectivity index is 1.71. The number of hydrogen-bond acceptors (Lipinski definition) is 3. The van der Waals surface area contributed by atoms with Gasteiger partial charge in [0.2, 0.25) is 0 Å². The van der Waals surface area contributed by atoms with Crippen molar-refractivity contribution in [1.29, 1.82) is 0 Å². The van der Waals surface area contributed by atoms with Crippen molar-refractivity contribution < 1.29 is 9.52 Å². The Morgan fingerprint density at radius 2 is 1.07 bits per heavy atom. The van der Waals surface area contributed by atoms with E-state index in [-0.39, 0.29) is 5.75 Å². The van der Waals surface area contributed by atoms with Crippen LogP contribution in [-0.2, 0) is 25.7 Å². The highest BCUT2D eigenvalue weighted by atomic mass is 16.4. The van der Waals surface area contributed by atoms with Crippen LogP contribution in [0.5, 0.6) is 5.75 Å². The average molecular weight is 396 g/mol. The van der Waals surface area contributed by atoms with Crippen LogP contribution in [0.2, 0.25) is 0 Å². The Morgan fingerprint density at radius 3 is 1.60 bits per heavy atom. The molecule has 0 aliphatic carbocycles. The second-order valence-electron chi connectivity index (χ2n) is 7.43. The van der Waals surface area contributed by atoms with Gasteiger partial charge in [-0.05, 0) is 23.1 Å². The van der Waals surface area contributed by atoms with Gasteiger partial charge in [0.05, 0.1) is 5.56 Å². The summed E-state index contributed by atoms with van der Waals surface area (Å²) in [5, 5.41) is 11.1. The monoisotopic (exact) mass is 396 g/mol. The first-order chi connectivity index (χ1) is 14.7. The predicted octanol–water partition coefficient (Wildman–Crippen LogP) is 5.31. The highest BCUT2D eigenvalue weighted by Crippen LogP contribution is 2.29. The van der Waals surface area contributed by atoms with Crippen molar-refractivity contribution in [2.45, 2.75) is 25.7 Å². The first-order valence-corrected chi connectivity index (χ1v) is 10.2. The molecule has 0 unspecified atom stereocenters. The number of aromatic hydroxyl groups is 1. The maximum atomic E-state index is 12.8.